The zero-order valence-corrected chi connectivity index (χ0v) is 15.7. The minimum Gasteiger partial charge on any atom is -0.389 e. The van der Waals surface area contributed by atoms with Gasteiger partial charge in [-0.1, -0.05) is 42.5 Å². The highest BCUT2D eigenvalue weighted by Gasteiger charge is 2.21. The molecule has 2 aromatic rings. The van der Waals surface area contributed by atoms with E-state index in [1.165, 1.54) is 18.3 Å². The van der Waals surface area contributed by atoms with E-state index in [1.807, 2.05) is 56.3 Å². The number of halogens is 1. The van der Waals surface area contributed by atoms with Crippen molar-refractivity contribution in [1.82, 2.24) is 10.2 Å². The topological polar surface area (TPSA) is 56.1 Å². The third kappa shape index (κ3) is 6.27. The van der Waals surface area contributed by atoms with Crippen LogP contribution in [0.1, 0.15) is 25.0 Å². The number of benzene rings is 2. The Morgan fingerprint density at radius 2 is 1.89 bits per heavy atom. The molecule has 27 heavy (non-hydrogen) atoms. The minimum absolute atomic E-state index is 0.0400. The van der Waals surface area contributed by atoms with Crippen LogP contribution in [-0.2, 0) is 17.8 Å². The molecule has 0 saturated carbocycles. The maximum atomic E-state index is 13.2. The first-order chi connectivity index (χ1) is 13.0. The van der Waals surface area contributed by atoms with Crippen LogP contribution in [0.15, 0.2) is 66.4 Å². The summed E-state index contributed by atoms with van der Waals surface area (Å²) in [6.45, 7) is 4.79. The molecule has 0 aliphatic rings. The van der Waals surface area contributed by atoms with E-state index in [0.717, 1.165) is 11.1 Å². The van der Waals surface area contributed by atoms with E-state index in [4.69, 9.17) is 0 Å². The van der Waals surface area contributed by atoms with E-state index in [1.54, 1.807) is 11.0 Å². The number of nitriles is 1. The second-order valence-corrected chi connectivity index (χ2v) is 6.52. The van der Waals surface area contributed by atoms with Gasteiger partial charge in [0.2, 0.25) is 0 Å². The summed E-state index contributed by atoms with van der Waals surface area (Å²) in [5.41, 5.74) is 1.92. The molecule has 0 aliphatic heterocycles. The first kappa shape index (κ1) is 20.2. The lowest BCUT2D eigenvalue weighted by atomic mass is 10.1. The summed E-state index contributed by atoms with van der Waals surface area (Å²) in [6.07, 6.45) is 2.04. The molecule has 0 aromatic heterocycles. The average molecular weight is 365 g/mol. The van der Waals surface area contributed by atoms with E-state index < -0.39 is 0 Å². The summed E-state index contributed by atoms with van der Waals surface area (Å²) < 4.78 is 13.2. The van der Waals surface area contributed by atoms with Crippen molar-refractivity contribution in [3.63, 3.8) is 0 Å². The van der Waals surface area contributed by atoms with Crippen molar-refractivity contribution < 1.29 is 9.18 Å². The van der Waals surface area contributed by atoms with Gasteiger partial charge in [-0.15, -0.1) is 0 Å². The standard InChI is InChI=1S/C22H24FN3O/c1-17(2)26(16-19-7-4-3-5-8-19)22(27)20(14-24)15-25-12-11-18-9-6-10-21(23)13-18/h3-10,13,15,17,25H,11-12,16H2,1-2H3/b20-15-. The Labute approximate surface area is 159 Å². The van der Waals surface area contributed by atoms with Crippen LogP contribution in [0.25, 0.3) is 0 Å². The molecule has 2 aromatic carbocycles. The van der Waals surface area contributed by atoms with Crippen molar-refractivity contribution in [3.8, 4) is 6.07 Å². The van der Waals surface area contributed by atoms with Crippen LogP contribution >= 0.6 is 0 Å². The number of nitrogens with zero attached hydrogens (tertiary/aromatic N) is 2. The smallest absolute Gasteiger partial charge is 0.266 e. The highest BCUT2D eigenvalue weighted by Crippen LogP contribution is 2.12. The van der Waals surface area contributed by atoms with Crippen LogP contribution in [0.2, 0.25) is 0 Å². The number of amides is 1. The van der Waals surface area contributed by atoms with Gasteiger partial charge in [0.25, 0.3) is 5.91 Å². The number of carbonyl (C=O) groups excluding carboxylic acids is 1. The molecule has 0 spiro atoms. The van der Waals surface area contributed by atoms with Crippen molar-refractivity contribution in [2.45, 2.75) is 32.9 Å². The molecule has 0 radical (unpaired) electrons. The van der Waals surface area contributed by atoms with Gasteiger partial charge in [0.15, 0.2) is 0 Å². The van der Waals surface area contributed by atoms with Gasteiger partial charge < -0.3 is 10.2 Å². The van der Waals surface area contributed by atoms with Gasteiger partial charge in [-0.05, 0) is 43.5 Å². The quantitative estimate of drug-likeness (QED) is 0.440. The SMILES string of the molecule is CC(C)N(Cc1ccccc1)C(=O)/C(C#N)=C\NCCc1cccc(F)c1. The molecule has 140 valence electrons. The second-order valence-electron chi connectivity index (χ2n) is 6.52. The first-order valence-electron chi connectivity index (χ1n) is 8.94. The number of carbonyl (C=O) groups is 1. The molecule has 0 bridgehead atoms. The lowest BCUT2D eigenvalue weighted by molar-refractivity contribution is -0.129. The Morgan fingerprint density at radius 1 is 1.19 bits per heavy atom. The maximum absolute atomic E-state index is 13.2. The summed E-state index contributed by atoms with van der Waals surface area (Å²) in [5.74, 6) is -0.584. The van der Waals surface area contributed by atoms with E-state index in [9.17, 15) is 14.4 Å². The Hall–Kier alpha value is -3.13. The van der Waals surface area contributed by atoms with Crippen LogP contribution in [0, 0.1) is 17.1 Å². The first-order valence-corrected chi connectivity index (χ1v) is 8.94. The molecule has 5 heteroatoms. The Bertz CT molecular complexity index is 825. The maximum Gasteiger partial charge on any atom is 0.266 e. The molecule has 0 heterocycles. The minimum atomic E-state index is -0.311. The van der Waals surface area contributed by atoms with Crippen LogP contribution < -0.4 is 5.32 Å². The average Bonchev–Trinajstić information content (AvgIpc) is 2.66. The molecule has 0 fully saturated rings. The summed E-state index contributed by atoms with van der Waals surface area (Å²) in [7, 11) is 0. The highest BCUT2D eigenvalue weighted by molar-refractivity contribution is 5.97. The van der Waals surface area contributed by atoms with E-state index >= 15 is 0 Å². The molecule has 0 aliphatic carbocycles. The van der Waals surface area contributed by atoms with Gasteiger partial charge in [0, 0.05) is 25.3 Å². The molecule has 0 atom stereocenters. The number of nitrogens with one attached hydrogen (secondary N) is 1. The van der Waals surface area contributed by atoms with Crippen molar-refractivity contribution in [1.29, 1.82) is 5.26 Å². The zero-order chi connectivity index (χ0) is 19.6. The van der Waals surface area contributed by atoms with Crippen LogP contribution in [0.4, 0.5) is 4.39 Å². The van der Waals surface area contributed by atoms with Crippen LogP contribution in [-0.4, -0.2) is 23.4 Å². The predicted molar refractivity (Wildman–Crippen MR) is 104 cm³/mol. The van der Waals surface area contributed by atoms with Gasteiger partial charge in [-0.2, -0.15) is 5.26 Å². The molecule has 1 N–H and O–H groups in total. The van der Waals surface area contributed by atoms with E-state index in [2.05, 4.69) is 5.32 Å². The van der Waals surface area contributed by atoms with E-state index in [0.29, 0.717) is 19.5 Å². The van der Waals surface area contributed by atoms with Crippen LogP contribution in [0.3, 0.4) is 0 Å². The fourth-order valence-corrected chi connectivity index (χ4v) is 2.65. The van der Waals surface area contributed by atoms with Gasteiger partial charge in [0.05, 0.1) is 0 Å². The molecule has 1 amide bonds. The summed E-state index contributed by atoms with van der Waals surface area (Å²) in [5, 5.41) is 12.4. The Kier molecular flexibility index (Phi) is 7.57. The van der Waals surface area contributed by atoms with Crippen LogP contribution in [0.5, 0.6) is 0 Å². The van der Waals surface area contributed by atoms with Crippen molar-refractivity contribution in [2.75, 3.05) is 6.54 Å². The normalized spacial score (nSPS) is 11.1. The largest absolute Gasteiger partial charge is 0.389 e. The number of rotatable bonds is 8. The van der Waals surface area contributed by atoms with Gasteiger partial charge in [0.1, 0.15) is 17.5 Å². The molecular weight excluding hydrogens is 341 g/mol. The van der Waals surface area contributed by atoms with E-state index in [-0.39, 0.29) is 23.3 Å². The lowest BCUT2D eigenvalue weighted by Crippen LogP contribution is -2.37. The fourth-order valence-electron chi connectivity index (χ4n) is 2.65. The zero-order valence-electron chi connectivity index (χ0n) is 15.7. The second kappa shape index (κ2) is 10.1. The van der Waals surface area contributed by atoms with Gasteiger partial charge in [-0.25, -0.2) is 4.39 Å². The van der Waals surface area contributed by atoms with Crippen molar-refractivity contribution in [2.24, 2.45) is 0 Å². The fraction of sp³-hybridized carbons (Fsp3) is 0.273. The van der Waals surface area contributed by atoms with Gasteiger partial charge in [-0.3, -0.25) is 4.79 Å². The summed E-state index contributed by atoms with van der Waals surface area (Å²) in [4.78, 5) is 14.4. The highest BCUT2D eigenvalue weighted by atomic mass is 19.1. The molecule has 2 rings (SSSR count). The monoisotopic (exact) mass is 365 g/mol. The third-order valence-electron chi connectivity index (χ3n) is 4.12. The molecular formula is C22H24FN3O. The van der Waals surface area contributed by atoms with Crippen molar-refractivity contribution in [3.05, 3.63) is 83.3 Å². The predicted octanol–water partition coefficient (Wildman–Crippen LogP) is 3.80. The summed E-state index contributed by atoms with van der Waals surface area (Å²) >= 11 is 0. The van der Waals surface area contributed by atoms with Gasteiger partial charge >= 0.3 is 0 Å². The molecule has 4 nitrogen and oxygen atoms in total. The third-order valence-corrected chi connectivity index (χ3v) is 4.12. The molecule has 0 unspecified atom stereocenters. The Balaban J connectivity index is 1.99. The molecule has 0 saturated heterocycles. The number of hydrogen-bond donors (Lipinski definition) is 1. The summed E-state index contributed by atoms with van der Waals surface area (Å²) in [6, 6.07) is 18.0. The number of hydrogen-bond acceptors (Lipinski definition) is 3. The van der Waals surface area contributed by atoms with Crippen molar-refractivity contribution >= 4 is 5.91 Å². The Morgan fingerprint density at radius 3 is 2.52 bits per heavy atom. The lowest BCUT2D eigenvalue weighted by Gasteiger charge is -2.26.